The molecule has 0 fully saturated rings. The molecule has 0 aliphatic carbocycles. The van der Waals surface area contributed by atoms with Crippen LogP contribution in [0.5, 0.6) is 17.2 Å². The molecule has 0 N–H and O–H groups in total. The molecule has 9 heteroatoms. The number of hydrogen-bond donors (Lipinski definition) is 0. The van der Waals surface area contributed by atoms with Crippen molar-refractivity contribution >= 4 is 44.2 Å². The number of nitrogens with zero attached hydrogens (tertiary/aromatic N) is 3. The maximum atomic E-state index is 13.8. The van der Waals surface area contributed by atoms with E-state index in [4.69, 9.17) is 30.8 Å². The largest absolute Gasteiger partial charge is 0.495 e. The van der Waals surface area contributed by atoms with Crippen molar-refractivity contribution in [3.05, 3.63) is 41.4 Å². The maximum absolute atomic E-state index is 13.8. The number of hydrogen-bond acceptors (Lipinski definition) is 7. The Bertz CT molecular complexity index is 1060. The number of ether oxygens (including phenoxy) is 3. The summed E-state index contributed by atoms with van der Waals surface area (Å²) in [4.78, 5) is 22.3. The van der Waals surface area contributed by atoms with Crippen LogP contribution in [0, 0.1) is 0 Å². The second kappa shape index (κ2) is 10.6. The lowest BCUT2D eigenvalue weighted by Gasteiger charge is -2.31. The molecule has 0 aliphatic heterocycles. The standard InChI is InChI=1S/C24H30ClN3O4S/c1-24(2,32-17-10-8-16(25)9-11-17)22(29)28(15-7-14-27(3)4)23-26-20-18(30-5)12-13-19(31-6)21(20)33-23/h8-13H,7,14-15H2,1-6H3. The van der Waals surface area contributed by atoms with Crippen molar-refractivity contribution in [2.24, 2.45) is 0 Å². The van der Waals surface area contributed by atoms with Crippen molar-refractivity contribution in [3.63, 3.8) is 0 Å². The molecule has 33 heavy (non-hydrogen) atoms. The number of carbonyl (C=O) groups excluding carboxylic acids is 1. The van der Waals surface area contributed by atoms with E-state index in [-0.39, 0.29) is 5.91 Å². The molecule has 0 saturated carbocycles. The van der Waals surface area contributed by atoms with Gasteiger partial charge in [-0.05, 0) is 77.3 Å². The van der Waals surface area contributed by atoms with Crippen molar-refractivity contribution in [1.82, 2.24) is 9.88 Å². The quantitative estimate of drug-likeness (QED) is 0.392. The zero-order valence-electron chi connectivity index (χ0n) is 19.8. The van der Waals surface area contributed by atoms with Gasteiger partial charge in [-0.1, -0.05) is 22.9 Å². The van der Waals surface area contributed by atoms with Gasteiger partial charge in [-0.2, -0.15) is 0 Å². The number of thiazole rings is 1. The van der Waals surface area contributed by atoms with Crippen molar-refractivity contribution in [2.45, 2.75) is 25.9 Å². The Balaban J connectivity index is 1.98. The predicted molar refractivity (Wildman–Crippen MR) is 134 cm³/mol. The number of anilines is 1. The molecule has 3 rings (SSSR count). The first-order valence-electron chi connectivity index (χ1n) is 10.6. The van der Waals surface area contributed by atoms with E-state index in [1.807, 2.05) is 26.2 Å². The second-order valence-corrected chi connectivity index (χ2v) is 9.74. The number of amides is 1. The molecular weight excluding hydrogens is 462 g/mol. The van der Waals surface area contributed by atoms with Gasteiger partial charge in [-0.15, -0.1) is 0 Å². The maximum Gasteiger partial charge on any atom is 0.272 e. The molecule has 0 atom stereocenters. The number of methoxy groups -OCH3 is 2. The van der Waals surface area contributed by atoms with Gasteiger partial charge in [0.05, 0.1) is 14.2 Å². The monoisotopic (exact) mass is 491 g/mol. The summed E-state index contributed by atoms with van der Waals surface area (Å²) < 4.78 is 17.9. The van der Waals surface area contributed by atoms with E-state index in [0.29, 0.717) is 39.5 Å². The fraction of sp³-hybridized carbons (Fsp3) is 0.417. The van der Waals surface area contributed by atoms with Gasteiger partial charge in [0.2, 0.25) is 0 Å². The highest BCUT2D eigenvalue weighted by Gasteiger charge is 2.36. The third-order valence-electron chi connectivity index (χ3n) is 5.06. The minimum absolute atomic E-state index is 0.187. The minimum Gasteiger partial charge on any atom is -0.495 e. The normalized spacial score (nSPS) is 11.6. The lowest BCUT2D eigenvalue weighted by Crippen LogP contribution is -2.49. The highest BCUT2D eigenvalue weighted by molar-refractivity contribution is 7.22. The third kappa shape index (κ3) is 5.88. The lowest BCUT2D eigenvalue weighted by atomic mass is 10.1. The van der Waals surface area contributed by atoms with Crippen molar-refractivity contribution < 1.29 is 19.0 Å². The summed E-state index contributed by atoms with van der Waals surface area (Å²) in [6, 6.07) is 10.6. The van der Waals surface area contributed by atoms with Crippen molar-refractivity contribution in [2.75, 3.05) is 46.3 Å². The van der Waals surface area contributed by atoms with Crippen molar-refractivity contribution in [3.8, 4) is 17.2 Å². The molecule has 0 bridgehead atoms. The average Bonchev–Trinajstić information content (AvgIpc) is 3.22. The Labute approximate surface area is 203 Å². The Morgan fingerprint density at radius 3 is 2.27 bits per heavy atom. The molecule has 7 nitrogen and oxygen atoms in total. The minimum atomic E-state index is -1.13. The third-order valence-corrected chi connectivity index (χ3v) is 6.41. The predicted octanol–water partition coefficient (Wildman–Crippen LogP) is 5.11. The zero-order valence-corrected chi connectivity index (χ0v) is 21.4. The van der Waals surface area contributed by atoms with E-state index in [9.17, 15) is 4.79 Å². The second-order valence-electron chi connectivity index (χ2n) is 8.32. The van der Waals surface area contributed by atoms with Crippen LogP contribution in [0.3, 0.4) is 0 Å². The fourth-order valence-electron chi connectivity index (χ4n) is 3.38. The topological polar surface area (TPSA) is 64.1 Å². The first-order chi connectivity index (χ1) is 15.7. The van der Waals surface area contributed by atoms with Crippen LogP contribution in [0.1, 0.15) is 20.3 Å². The number of rotatable bonds is 10. The summed E-state index contributed by atoms with van der Waals surface area (Å²) in [5.41, 5.74) is -0.462. The summed E-state index contributed by atoms with van der Waals surface area (Å²) in [5.74, 6) is 1.70. The van der Waals surface area contributed by atoms with Gasteiger partial charge in [-0.3, -0.25) is 9.69 Å². The van der Waals surface area contributed by atoms with Crippen LogP contribution >= 0.6 is 22.9 Å². The Kier molecular flexibility index (Phi) is 8.05. The molecule has 0 aliphatic rings. The van der Waals surface area contributed by atoms with Crippen molar-refractivity contribution in [1.29, 1.82) is 0 Å². The smallest absolute Gasteiger partial charge is 0.272 e. The van der Waals surface area contributed by atoms with Crippen LogP contribution in [0.2, 0.25) is 5.02 Å². The van der Waals surface area contributed by atoms with Gasteiger partial charge >= 0.3 is 0 Å². The van der Waals surface area contributed by atoms with Gasteiger partial charge < -0.3 is 19.1 Å². The van der Waals surface area contributed by atoms with Crippen LogP contribution in [0.4, 0.5) is 5.13 Å². The highest BCUT2D eigenvalue weighted by Crippen LogP contribution is 2.40. The number of halogens is 1. The zero-order chi connectivity index (χ0) is 24.2. The molecule has 2 aromatic carbocycles. The summed E-state index contributed by atoms with van der Waals surface area (Å²) in [5, 5.41) is 1.18. The molecular formula is C24H30ClN3O4S. The number of carbonyl (C=O) groups is 1. The molecule has 1 aromatic heterocycles. The number of fused-ring (bicyclic) bond motifs is 1. The molecule has 0 spiro atoms. The molecule has 3 aromatic rings. The summed E-state index contributed by atoms with van der Waals surface area (Å²) in [6.07, 6.45) is 0.778. The van der Waals surface area contributed by atoms with Crippen LogP contribution in [0.15, 0.2) is 36.4 Å². The molecule has 1 amide bonds. The molecule has 178 valence electrons. The number of benzene rings is 2. The summed E-state index contributed by atoms with van der Waals surface area (Å²) >= 11 is 7.38. The molecule has 0 radical (unpaired) electrons. The van der Waals surface area contributed by atoms with Gasteiger partial charge in [0.1, 0.15) is 27.5 Å². The van der Waals surface area contributed by atoms with E-state index in [1.54, 1.807) is 57.2 Å². The van der Waals surface area contributed by atoms with Gasteiger partial charge in [-0.25, -0.2) is 4.98 Å². The van der Waals surface area contributed by atoms with Gasteiger partial charge in [0.25, 0.3) is 5.91 Å². The van der Waals surface area contributed by atoms with E-state index in [0.717, 1.165) is 17.7 Å². The van der Waals surface area contributed by atoms with Crippen LogP contribution < -0.4 is 19.1 Å². The summed E-state index contributed by atoms with van der Waals surface area (Å²) in [7, 11) is 7.23. The van der Waals surface area contributed by atoms with E-state index < -0.39 is 5.60 Å². The Morgan fingerprint density at radius 1 is 1.03 bits per heavy atom. The lowest BCUT2D eigenvalue weighted by molar-refractivity contribution is -0.131. The Morgan fingerprint density at radius 2 is 1.67 bits per heavy atom. The fourth-order valence-corrected chi connectivity index (χ4v) is 4.61. The van der Waals surface area contributed by atoms with Crippen LogP contribution in [-0.2, 0) is 4.79 Å². The first kappa shape index (κ1) is 25.1. The van der Waals surface area contributed by atoms with Gasteiger partial charge in [0, 0.05) is 11.6 Å². The average molecular weight is 492 g/mol. The molecule has 0 unspecified atom stereocenters. The Hall–Kier alpha value is -2.55. The van der Waals surface area contributed by atoms with Crippen LogP contribution in [0.25, 0.3) is 10.2 Å². The summed E-state index contributed by atoms with van der Waals surface area (Å²) in [6.45, 7) is 4.85. The highest BCUT2D eigenvalue weighted by atomic mass is 35.5. The SMILES string of the molecule is COc1ccc(OC)c2sc(N(CCCN(C)C)C(=O)C(C)(C)Oc3ccc(Cl)cc3)nc12. The first-order valence-corrected chi connectivity index (χ1v) is 11.8. The van der Waals surface area contributed by atoms with Crippen LogP contribution in [-0.4, -0.2) is 62.8 Å². The van der Waals surface area contributed by atoms with Gasteiger partial charge in [0.15, 0.2) is 10.7 Å². The van der Waals surface area contributed by atoms with E-state index >= 15 is 0 Å². The van der Waals surface area contributed by atoms with E-state index in [1.165, 1.54) is 11.3 Å². The molecule has 1 heterocycles. The van der Waals surface area contributed by atoms with E-state index in [2.05, 4.69) is 4.90 Å². The number of aromatic nitrogens is 1. The molecule has 0 saturated heterocycles.